The molecular formula is C13H18BrNO2S. The number of rotatable bonds is 4. The maximum absolute atomic E-state index is 12.2. The van der Waals surface area contributed by atoms with Gasteiger partial charge < -0.3 is 0 Å². The van der Waals surface area contributed by atoms with Gasteiger partial charge in [0, 0.05) is 11.0 Å². The van der Waals surface area contributed by atoms with Gasteiger partial charge in [0.05, 0.1) is 4.90 Å². The molecule has 0 amide bonds. The Morgan fingerprint density at radius 3 is 2.67 bits per heavy atom. The molecule has 2 unspecified atom stereocenters. The van der Waals surface area contributed by atoms with Crippen molar-refractivity contribution in [3.63, 3.8) is 0 Å². The molecule has 100 valence electrons. The zero-order valence-electron chi connectivity index (χ0n) is 10.4. The Morgan fingerprint density at radius 1 is 1.33 bits per heavy atom. The maximum atomic E-state index is 12.2. The van der Waals surface area contributed by atoms with Crippen molar-refractivity contribution >= 4 is 26.0 Å². The third-order valence-electron chi connectivity index (χ3n) is 3.70. The lowest BCUT2D eigenvalue weighted by Crippen LogP contribution is -2.30. The number of nitrogens with one attached hydrogen (secondary N) is 1. The highest BCUT2D eigenvalue weighted by molar-refractivity contribution is 9.10. The second-order valence-corrected chi connectivity index (χ2v) is 7.54. The zero-order valence-corrected chi connectivity index (χ0v) is 12.8. The molecule has 0 radical (unpaired) electrons. The molecule has 3 nitrogen and oxygen atoms in total. The fraction of sp³-hybridized carbons (Fsp3) is 0.538. The van der Waals surface area contributed by atoms with Crippen LogP contribution in [0, 0.1) is 11.8 Å². The van der Waals surface area contributed by atoms with Gasteiger partial charge in [0.1, 0.15) is 0 Å². The van der Waals surface area contributed by atoms with Crippen LogP contribution in [0.3, 0.4) is 0 Å². The molecule has 0 aromatic heterocycles. The van der Waals surface area contributed by atoms with Gasteiger partial charge in [0.15, 0.2) is 0 Å². The summed E-state index contributed by atoms with van der Waals surface area (Å²) < 4.78 is 27.7. The normalized spacial score (nSPS) is 24.3. The van der Waals surface area contributed by atoms with E-state index in [9.17, 15) is 8.42 Å². The van der Waals surface area contributed by atoms with Crippen LogP contribution in [0.15, 0.2) is 33.6 Å². The molecule has 0 saturated heterocycles. The van der Waals surface area contributed by atoms with E-state index in [-0.39, 0.29) is 0 Å². The predicted octanol–water partition coefficient (Wildman–Crippen LogP) is 3.16. The van der Waals surface area contributed by atoms with Gasteiger partial charge >= 0.3 is 0 Å². The standard InChI is InChI=1S/C13H18BrNO2S/c1-10-5-4-6-11(10)9-15-18(16,17)13-8-3-2-7-12(13)14/h2-3,7-8,10-11,15H,4-6,9H2,1H3. The van der Waals surface area contributed by atoms with Crippen LogP contribution in [0.1, 0.15) is 26.2 Å². The monoisotopic (exact) mass is 331 g/mol. The van der Waals surface area contributed by atoms with Crippen LogP contribution < -0.4 is 4.72 Å². The van der Waals surface area contributed by atoms with E-state index in [1.165, 1.54) is 12.8 Å². The summed E-state index contributed by atoms with van der Waals surface area (Å²) in [6.45, 7) is 2.75. The number of benzene rings is 1. The lowest BCUT2D eigenvalue weighted by molar-refractivity contribution is 0.414. The Kier molecular flexibility index (Phi) is 4.45. The van der Waals surface area contributed by atoms with Crippen molar-refractivity contribution in [2.24, 2.45) is 11.8 Å². The van der Waals surface area contributed by atoms with Crippen molar-refractivity contribution in [3.05, 3.63) is 28.7 Å². The summed E-state index contributed by atoms with van der Waals surface area (Å²) in [4.78, 5) is 0.315. The van der Waals surface area contributed by atoms with E-state index in [0.717, 1.165) is 6.42 Å². The van der Waals surface area contributed by atoms with Gasteiger partial charge in [-0.2, -0.15) is 0 Å². The molecular weight excluding hydrogens is 314 g/mol. The van der Waals surface area contributed by atoms with E-state index in [0.29, 0.717) is 27.7 Å². The fourth-order valence-corrected chi connectivity index (χ4v) is 4.58. The zero-order chi connectivity index (χ0) is 13.2. The molecule has 1 aromatic rings. The molecule has 0 aliphatic heterocycles. The second-order valence-electron chi connectivity index (χ2n) is 4.95. The van der Waals surface area contributed by atoms with Gasteiger partial charge in [0.25, 0.3) is 0 Å². The Hall–Kier alpha value is -0.390. The van der Waals surface area contributed by atoms with Crippen LogP contribution in [-0.2, 0) is 10.0 Å². The predicted molar refractivity (Wildman–Crippen MR) is 75.8 cm³/mol. The Morgan fingerprint density at radius 2 is 2.06 bits per heavy atom. The minimum absolute atomic E-state index is 0.315. The molecule has 0 bridgehead atoms. The van der Waals surface area contributed by atoms with E-state index < -0.39 is 10.0 Å². The van der Waals surface area contributed by atoms with Gasteiger partial charge in [-0.25, -0.2) is 13.1 Å². The highest BCUT2D eigenvalue weighted by atomic mass is 79.9. The van der Waals surface area contributed by atoms with Crippen molar-refractivity contribution in [2.45, 2.75) is 31.1 Å². The minimum Gasteiger partial charge on any atom is -0.211 e. The van der Waals surface area contributed by atoms with Gasteiger partial charge in [-0.1, -0.05) is 31.9 Å². The second kappa shape index (κ2) is 5.72. The first-order valence-corrected chi connectivity index (χ1v) is 8.52. The molecule has 2 rings (SSSR count). The van der Waals surface area contributed by atoms with E-state index in [1.807, 2.05) is 6.07 Å². The summed E-state index contributed by atoms with van der Waals surface area (Å²) in [6, 6.07) is 6.90. The average Bonchev–Trinajstić information content (AvgIpc) is 2.73. The van der Waals surface area contributed by atoms with Crippen molar-refractivity contribution in [3.8, 4) is 0 Å². The van der Waals surface area contributed by atoms with Crippen molar-refractivity contribution in [2.75, 3.05) is 6.54 Å². The Bertz CT molecular complexity index is 515. The number of halogens is 1. The van der Waals surface area contributed by atoms with Gasteiger partial charge in [0.2, 0.25) is 10.0 Å². The van der Waals surface area contributed by atoms with Crippen molar-refractivity contribution in [1.29, 1.82) is 0 Å². The molecule has 0 spiro atoms. The molecule has 1 aromatic carbocycles. The van der Waals surface area contributed by atoms with Crippen LogP contribution in [0.2, 0.25) is 0 Å². The molecule has 1 saturated carbocycles. The summed E-state index contributed by atoms with van der Waals surface area (Å²) in [5.74, 6) is 1.09. The maximum Gasteiger partial charge on any atom is 0.241 e. The molecule has 5 heteroatoms. The van der Waals surface area contributed by atoms with Crippen LogP contribution in [-0.4, -0.2) is 15.0 Å². The lowest BCUT2D eigenvalue weighted by Gasteiger charge is -2.16. The summed E-state index contributed by atoms with van der Waals surface area (Å²) in [6.07, 6.45) is 3.55. The largest absolute Gasteiger partial charge is 0.241 e. The van der Waals surface area contributed by atoms with Gasteiger partial charge in [-0.3, -0.25) is 0 Å². The highest BCUT2D eigenvalue weighted by Gasteiger charge is 2.25. The number of sulfonamides is 1. The first-order chi connectivity index (χ1) is 8.50. The topological polar surface area (TPSA) is 46.2 Å². The smallest absolute Gasteiger partial charge is 0.211 e. The first-order valence-electron chi connectivity index (χ1n) is 6.25. The third-order valence-corrected chi connectivity index (χ3v) is 6.14. The average molecular weight is 332 g/mol. The Balaban J connectivity index is 2.06. The highest BCUT2D eigenvalue weighted by Crippen LogP contribution is 2.31. The molecule has 2 atom stereocenters. The summed E-state index contributed by atoms with van der Waals surface area (Å²) in [7, 11) is -3.40. The molecule has 18 heavy (non-hydrogen) atoms. The molecule has 1 N–H and O–H groups in total. The van der Waals surface area contributed by atoms with Crippen LogP contribution >= 0.6 is 15.9 Å². The summed E-state index contributed by atoms with van der Waals surface area (Å²) in [5, 5.41) is 0. The summed E-state index contributed by atoms with van der Waals surface area (Å²) >= 11 is 3.28. The number of hydrogen-bond acceptors (Lipinski definition) is 2. The SMILES string of the molecule is CC1CCCC1CNS(=O)(=O)c1ccccc1Br. The van der Waals surface area contributed by atoms with E-state index in [2.05, 4.69) is 27.6 Å². The number of hydrogen-bond donors (Lipinski definition) is 1. The molecule has 1 aliphatic carbocycles. The van der Waals surface area contributed by atoms with Crippen LogP contribution in [0.25, 0.3) is 0 Å². The lowest BCUT2D eigenvalue weighted by atomic mass is 9.99. The van der Waals surface area contributed by atoms with E-state index in [1.54, 1.807) is 18.2 Å². The van der Waals surface area contributed by atoms with Gasteiger partial charge in [-0.15, -0.1) is 0 Å². The Labute approximate surface area is 117 Å². The third kappa shape index (κ3) is 3.13. The molecule has 1 aliphatic rings. The minimum atomic E-state index is -3.40. The first kappa shape index (κ1) is 14.0. The quantitative estimate of drug-likeness (QED) is 0.921. The molecule has 1 fully saturated rings. The fourth-order valence-electron chi connectivity index (χ4n) is 2.48. The summed E-state index contributed by atoms with van der Waals surface area (Å²) in [5.41, 5.74) is 0. The van der Waals surface area contributed by atoms with Crippen molar-refractivity contribution in [1.82, 2.24) is 4.72 Å². The van der Waals surface area contributed by atoms with E-state index in [4.69, 9.17) is 0 Å². The van der Waals surface area contributed by atoms with E-state index >= 15 is 0 Å². The molecule has 0 heterocycles. The van der Waals surface area contributed by atoms with Gasteiger partial charge in [-0.05, 0) is 46.3 Å². The van der Waals surface area contributed by atoms with Crippen LogP contribution in [0.4, 0.5) is 0 Å². The van der Waals surface area contributed by atoms with Crippen molar-refractivity contribution < 1.29 is 8.42 Å². The van der Waals surface area contributed by atoms with Crippen LogP contribution in [0.5, 0.6) is 0 Å².